The summed E-state index contributed by atoms with van der Waals surface area (Å²) in [5, 5.41) is 9.34. The molecule has 0 radical (unpaired) electrons. The molecule has 0 fully saturated rings. The van der Waals surface area contributed by atoms with E-state index >= 15 is 0 Å². The molecule has 0 atom stereocenters. The predicted molar refractivity (Wildman–Crippen MR) is 147 cm³/mol. The molecule has 0 spiro atoms. The van der Waals surface area contributed by atoms with E-state index in [4.69, 9.17) is 4.74 Å². The van der Waals surface area contributed by atoms with Gasteiger partial charge in [0.2, 0.25) is 0 Å². The summed E-state index contributed by atoms with van der Waals surface area (Å²) in [5.41, 5.74) is 2.49. The lowest BCUT2D eigenvalue weighted by Gasteiger charge is -2.31. The summed E-state index contributed by atoms with van der Waals surface area (Å²) in [5.74, 6) is 0.910. The van der Waals surface area contributed by atoms with E-state index in [0.29, 0.717) is 59.8 Å². The van der Waals surface area contributed by atoms with Crippen molar-refractivity contribution in [2.45, 2.75) is 39.8 Å². The molecule has 0 aliphatic carbocycles. The topological polar surface area (TPSA) is 106 Å². The van der Waals surface area contributed by atoms with Gasteiger partial charge in [-0.2, -0.15) is 5.26 Å². The third-order valence-electron chi connectivity index (χ3n) is 7.22. The van der Waals surface area contributed by atoms with E-state index < -0.39 is 12.0 Å². The Morgan fingerprint density at radius 1 is 1.10 bits per heavy atom. The van der Waals surface area contributed by atoms with Gasteiger partial charge < -0.3 is 18.8 Å². The minimum absolute atomic E-state index is 0.187. The smallest absolute Gasteiger partial charge is 0.264 e. The van der Waals surface area contributed by atoms with Crippen LogP contribution in [0.2, 0.25) is 0 Å². The van der Waals surface area contributed by atoms with Crippen molar-refractivity contribution < 1.29 is 18.3 Å². The predicted octanol–water partition coefficient (Wildman–Crippen LogP) is 4.41. The Balaban J connectivity index is 1.60. The van der Waals surface area contributed by atoms with Gasteiger partial charge in [0.25, 0.3) is 17.9 Å². The molecule has 1 aromatic carbocycles. The van der Waals surface area contributed by atoms with Crippen LogP contribution in [0.15, 0.2) is 53.8 Å². The highest BCUT2D eigenvalue weighted by Crippen LogP contribution is 2.37. The van der Waals surface area contributed by atoms with E-state index in [1.807, 2.05) is 30.7 Å². The summed E-state index contributed by atoms with van der Waals surface area (Å²) < 4.78 is 37.1. The number of fused-ring (bicyclic) bond motifs is 1. The van der Waals surface area contributed by atoms with Gasteiger partial charge in [0.05, 0.1) is 18.8 Å². The van der Waals surface area contributed by atoms with Gasteiger partial charge >= 0.3 is 0 Å². The van der Waals surface area contributed by atoms with Crippen LogP contribution >= 0.6 is 0 Å². The lowest BCUT2D eigenvalue weighted by atomic mass is 9.87. The van der Waals surface area contributed by atoms with E-state index in [0.717, 1.165) is 17.5 Å². The number of hydrogen-bond donors (Lipinski definition) is 0. The van der Waals surface area contributed by atoms with Crippen LogP contribution in [0.5, 0.6) is 5.75 Å². The van der Waals surface area contributed by atoms with E-state index in [9.17, 15) is 23.6 Å². The zero-order valence-corrected chi connectivity index (χ0v) is 22.9. The number of nitrogens with zero attached hydrogens (tertiary/aromatic N) is 6. The summed E-state index contributed by atoms with van der Waals surface area (Å²) in [6.45, 7) is 4.95. The van der Waals surface area contributed by atoms with Crippen molar-refractivity contribution in [3.63, 3.8) is 0 Å². The molecule has 9 nitrogen and oxygen atoms in total. The molecule has 3 aromatic heterocycles. The number of amides is 1. The quantitative estimate of drug-likeness (QED) is 0.317. The first-order chi connectivity index (χ1) is 19.7. The first-order valence-electron chi connectivity index (χ1n) is 13.1. The van der Waals surface area contributed by atoms with Crippen molar-refractivity contribution in [3.05, 3.63) is 98.7 Å². The molecule has 4 aromatic rings. The van der Waals surface area contributed by atoms with Crippen LogP contribution in [0.3, 0.4) is 0 Å². The molecule has 210 valence electrons. The highest BCUT2D eigenvalue weighted by atomic mass is 19.3. The van der Waals surface area contributed by atoms with E-state index in [1.165, 1.54) is 24.0 Å². The standard InChI is InChI=1S/C30H28F2N6O3/c1-4-41-27-11-21(35-14-20(27)13-33)16-38-7-5-22-23(26-17-36(3)28(39)12-24(26)29(31)32)9-19(10-25(22)30(38)40)15-37-8-6-34-18(37)2/h6,8-12,14,17,29H,4-5,7,15-16H2,1-3H3. The first-order valence-corrected chi connectivity index (χ1v) is 13.1. The summed E-state index contributed by atoms with van der Waals surface area (Å²) in [6, 6.07) is 8.30. The van der Waals surface area contributed by atoms with Gasteiger partial charge in [0, 0.05) is 73.7 Å². The molecular weight excluding hydrogens is 530 g/mol. The molecule has 41 heavy (non-hydrogen) atoms. The molecule has 0 saturated carbocycles. The number of alkyl halides is 2. The molecule has 1 aliphatic heterocycles. The Morgan fingerprint density at radius 2 is 1.88 bits per heavy atom. The van der Waals surface area contributed by atoms with Gasteiger partial charge in [-0.3, -0.25) is 14.6 Å². The lowest BCUT2D eigenvalue weighted by molar-refractivity contribution is 0.0724. The number of nitriles is 1. The number of ether oxygens (including phenoxy) is 1. The molecular formula is C30H28F2N6O3. The van der Waals surface area contributed by atoms with Gasteiger partial charge in [0.15, 0.2) is 0 Å². The average Bonchev–Trinajstić information content (AvgIpc) is 3.35. The normalized spacial score (nSPS) is 12.9. The zero-order chi connectivity index (χ0) is 29.3. The van der Waals surface area contributed by atoms with Crippen LogP contribution in [0.4, 0.5) is 8.78 Å². The number of carbonyl (C=O) groups is 1. The fourth-order valence-electron chi connectivity index (χ4n) is 5.13. The summed E-state index contributed by atoms with van der Waals surface area (Å²) >= 11 is 0. The van der Waals surface area contributed by atoms with Gasteiger partial charge in [-0.15, -0.1) is 0 Å². The fourth-order valence-corrected chi connectivity index (χ4v) is 5.13. The van der Waals surface area contributed by atoms with Crippen LogP contribution in [0, 0.1) is 18.3 Å². The summed E-state index contributed by atoms with van der Waals surface area (Å²) in [6.07, 6.45) is 3.88. The van der Waals surface area contributed by atoms with E-state index in [2.05, 4.69) is 16.0 Å². The number of aromatic nitrogens is 4. The molecule has 11 heteroatoms. The average molecular weight is 559 g/mol. The second-order valence-corrected chi connectivity index (χ2v) is 9.86. The van der Waals surface area contributed by atoms with Gasteiger partial charge in [-0.05, 0) is 49.1 Å². The van der Waals surface area contributed by atoms with Crippen LogP contribution in [-0.2, 0) is 26.6 Å². The highest BCUT2D eigenvalue weighted by molar-refractivity contribution is 5.99. The number of hydrogen-bond acceptors (Lipinski definition) is 6. The molecule has 0 N–H and O–H groups in total. The third kappa shape index (κ3) is 5.45. The lowest BCUT2D eigenvalue weighted by Crippen LogP contribution is -2.37. The van der Waals surface area contributed by atoms with Crippen LogP contribution in [0.25, 0.3) is 11.1 Å². The fraction of sp³-hybridized carbons (Fsp3) is 0.300. The minimum atomic E-state index is -2.87. The van der Waals surface area contributed by atoms with E-state index in [1.54, 1.807) is 23.2 Å². The van der Waals surface area contributed by atoms with Crippen molar-refractivity contribution in [1.82, 2.24) is 24.0 Å². The van der Waals surface area contributed by atoms with Crippen molar-refractivity contribution in [1.29, 1.82) is 5.26 Å². The SMILES string of the molecule is CCOc1cc(CN2CCc3c(cc(Cn4ccnc4C)cc3-c3cn(C)c(=O)cc3C(F)F)C2=O)ncc1C#N. The first kappa shape index (κ1) is 27.7. The maximum absolute atomic E-state index is 14.2. The zero-order valence-electron chi connectivity index (χ0n) is 22.9. The Morgan fingerprint density at radius 3 is 2.56 bits per heavy atom. The number of pyridine rings is 2. The summed E-state index contributed by atoms with van der Waals surface area (Å²) in [4.78, 5) is 36.4. The number of carbonyl (C=O) groups excluding carboxylic acids is 1. The number of imidazole rings is 1. The maximum atomic E-state index is 14.2. The molecule has 0 unspecified atom stereocenters. The number of benzene rings is 1. The number of halogens is 2. The third-order valence-corrected chi connectivity index (χ3v) is 7.22. The Hall–Kier alpha value is -4.85. The monoisotopic (exact) mass is 558 g/mol. The molecule has 1 aliphatic rings. The van der Waals surface area contributed by atoms with Crippen LogP contribution < -0.4 is 10.3 Å². The Kier molecular flexibility index (Phi) is 7.66. The number of rotatable bonds is 8. The van der Waals surface area contributed by atoms with Crippen molar-refractivity contribution in [3.8, 4) is 22.9 Å². The van der Waals surface area contributed by atoms with E-state index in [-0.39, 0.29) is 23.6 Å². The van der Waals surface area contributed by atoms with Crippen LogP contribution in [-0.4, -0.2) is 43.1 Å². The van der Waals surface area contributed by atoms with Crippen molar-refractivity contribution in [2.75, 3.05) is 13.2 Å². The Bertz CT molecular complexity index is 1740. The van der Waals surface area contributed by atoms with Gasteiger partial charge in [0.1, 0.15) is 23.2 Å². The molecule has 0 saturated heterocycles. The molecule has 4 heterocycles. The van der Waals surface area contributed by atoms with Gasteiger partial charge in [-0.1, -0.05) is 0 Å². The van der Waals surface area contributed by atoms with Gasteiger partial charge in [-0.25, -0.2) is 13.8 Å². The summed E-state index contributed by atoms with van der Waals surface area (Å²) in [7, 11) is 1.51. The van der Waals surface area contributed by atoms with Crippen LogP contribution in [0.1, 0.15) is 57.5 Å². The molecule has 5 rings (SSSR count). The molecule has 0 bridgehead atoms. The molecule has 1 amide bonds. The Labute approximate surface area is 235 Å². The maximum Gasteiger partial charge on any atom is 0.264 e. The van der Waals surface area contributed by atoms with Crippen molar-refractivity contribution >= 4 is 5.91 Å². The highest BCUT2D eigenvalue weighted by Gasteiger charge is 2.30. The second kappa shape index (κ2) is 11.3. The second-order valence-electron chi connectivity index (χ2n) is 9.86. The van der Waals surface area contributed by atoms with Crippen molar-refractivity contribution in [2.24, 2.45) is 7.05 Å². The largest absolute Gasteiger partial charge is 0.492 e. The number of aryl methyl sites for hydroxylation is 2. The minimum Gasteiger partial charge on any atom is -0.492 e.